The van der Waals surface area contributed by atoms with E-state index < -0.39 is 0 Å². The molecule has 0 aromatic carbocycles. The van der Waals surface area contributed by atoms with Crippen molar-refractivity contribution < 1.29 is 0 Å². The number of aromatic nitrogens is 2. The highest BCUT2D eigenvalue weighted by molar-refractivity contribution is 5.75. The van der Waals surface area contributed by atoms with Crippen LogP contribution in [-0.4, -0.2) is 9.97 Å². The van der Waals surface area contributed by atoms with Crippen molar-refractivity contribution >= 4 is 11.0 Å². The van der Waals surface area contributed by atoms with Crippen molar-refractivity contribution in [3.8, 4) is 6.07 Å². The quantitative estimate of drug-likeness (QED) is 0.763. The molecule has 0 saturated heterocycles. The third kappa shape index (κ3) is 1.08. The highest BCUT2D eigenvalue weighted by Crippen LogP contribution is 2.43. The van der Waals surface area contributed by atoms with Gasteiger partial charge in [0.05, 0.1) is 22.5 Å². The number of aromatic amines is 1. The monoisotopic (exact) mass is 197 g/mol. The normalized spacial score (nSPS) is 18.3. The van der Waals surface area contributed by atoms with E-state index in [9.17, 15) is 5.26 Å². The number of hydrogen-bond acceptors (Lipinski definition) is 2. The van der Waals surface area contributed by atoms with Gasteiger partial charge in [-0.05, 0) is 37.0 Å². The van der Waals surface area contributed by atoms with Gasteiger partial charge in [0.1, 0.15) is 0 Å². The molecule has 1 fully saturated rings. The topological polar surface area (TPSA) is 52.5 Å². The van der Waals surface area contributed by atoms with Crippen molar-refractivity contribution in [1.82, 2.24) is 9.97 Å². The summed E-state index contributed by atoms with van der Waals surface area (Å²) in [6.45, 7) is 0. The highest BCUT2D eigenvalue weighted by Gasteiger charge is 2.39. The summed E-state index contributed by atoms with van der Waals surface area (Å²) in [5.41, 5.74) is 2.79. The summed E-state index contributed by atoms with van der Waals surface area (Å²) in [4.78, 5) is 7.49. The molecular weight excluding hydrogens is 186 g/mol. The molecule has 3 nitrogen and oxygen atoms in total. The van der Waals surface area contributed by atoms with E-state index in [2.05, 4.69) is 22.1 Å². The van der Waals surface area contributed by atoms with Gasteiger partial charge in [-0.25, -0.2) is 0 Å². The third-order valence-electron chi connectivity index (χ3n) is 3.37. The largest absolute Gasteiger partial charge is 0.360 e. The van der Waals surface area contributed by atoms with Crippen molar-refractivity contribution in [3.63, 3.8) is 0 Å². The highest BCUT2D eigenvalue weighted by atomic mass is 14.8. The summed E-state index contributed by atoms with van der Waals surface area (Å²) < 4.78 is 0. The summed E-state index contributed by atoms with van der Waals surface area (Å²) in [5, 5.41) is 9.22. The van der Waals surface area contributed by atoms with Crippen LogP contribution in [0.3, 0.4) is 0 Å². The molecule has 1 saturated carbocycles. The van der Waals surface area contributed by atoms with E-state index in [1.54, 1.807) is 0 Å². The molecule has 1 aliphatic carbocycles. The molecule has 1 N–H and O–H groups in total. The van der Waals surface area contributed by atoms with E-state index in [1.165, 1.54) is 0 Å². The van der Waals surface area contributed by atoms with Gasteiger partial charge >= 0.3 is 0 Å². The van der Waals surface area contributed by atoms with Crippen LogP contribution in [0.2, 0.25) is 0 Å². The first-order chi connectivity index (χ1) is 7.34. The van der Waals surface area contributed by atoms with Gasteiger partial charge in [-0.1, -0.05) is 0 Å². The molecule has 2 heterocycles. The van der Waals surface area contributed by atoms with Gasteiger partial charge in [0.25, 0.3) is 0 Å². The van der Waals surface area contributed by atoms with Crippen molar-refractivity contribution in [3.05, 3.63) is 30.1 Å². The lowest BCUT2D eigenvalue weighted by molar-refractivity contribution is 0.323. The van der Waals surface area contributed by atoms with Gasteiger partial charge in [0, 0.05) is 12.4 Å². The SMILES string of the molecule is N#CC1(c2cnc3cc[nH]c3c2)CCC1. The minimum atomic E-state index is -0.258. The zero-order chi connectivity index (χ0) is 10.3. The molecule has 0 bridgehead atoms. The van der Waals surface area contributed by atoms with Crippen LogP contribution in [0.25, 0.3) is 11.0 Å². The molecule has 0 radical (unpaired) electrons. The molecule has 0 atom stereocenters. The van der Waals surface area contributed by atoms with Gasteiger partial charge in [-0.2, -0.15) is 5.26 Å². The maximum atomic E-state index is 9.22. The van der Waals surface area contributed by atoms with Crippen molar-refractivity contribution in [1.29, 1.82) is 5.26 Å². The first-order valence-electron chi connectivity index (χ1n) is 5.19. The van der Waals surface area contributed by atoms with Crippen molar-refractivity contribution in [2.75, 3.05) is 0 Å². The lowest BCUT2D eigenvalue weighted by Gasteiger charge is -2.35. The van der Waals surface area contributed by atoms with Gasteiger partial charge < -0.3 is 4.98 Å². The van der Waals surface area contributed by atoms with Crippen LogP contribution in [0.1, 0.15) is 24.8 Å². The van der Waals surface area contributed by atoms with E-state index >= 15 is 0 Å². The molecule has 2 aromatic heterocycles. The zero-order valence-corrected chi connectivity index (χ0v) is 8.33. The molecule has 2 aromatic rings. The van der Waals surface area contributed by atoms with Crippen LogP contribution in [0.4, 0.5) is 0 Å². The maximum Gasteiger partial charge on any atom is 0.0878 e. The van der Waals surface area contributed by atoms with Crippen LogP contribution in [-0.2, 0) is 5.41 Å². The number of fused-ring (bicyclic) bond motifs is 1. The summed E-state index contributed by atoms with van der Waals surface area (Å²) in [6, 6.07) is 6.44. The van der Waals surface area contributed by atoms with Crippen LogP contribution in [0, 0.1) is 11.3 Å². The molecule has 74 valence electrons. The maximum absolute atomic E-state index is 9.22. The molecule has 3 rings (SSSR count). The molecule has 1 aliphatic rings. The predicted octanol–water partition coefficient (Wildman–Crippen LogP) is 2.51. The molecule has 15 heavy (non-hydrogen) atoms. The number of nitrogens with one attached hydrogen (secondary N) is 1. The van der Waals surface area contributed by atoms with Crippen LogP contribution < -0.4 is 0 Å². The molecule has 0 amide bonds. The minimum Gasteiger partial charge on any atom is -0.360 e. The number of hydrogen-bond donors (Lipinski definition) is 1. The lowest BCUT2D eigenvalue weighted by atomic mass is 9.66. The summed E-state index contributed by atoms with van der Waals surface area (Å²) >= 11 is 0. The molecule has 0 unspecified atom stereocenters. The summed E-state index contributed by atoms with van der Waals surface area (Å²) in [7, 11) is 0. The number of rotatable bonds is 1. The Morgan fingerprint density at radius 2 is 2.33 bits per heavy atom. The van der Waals surface area contributed by atoms with E-state index in [0.29, 0.717) is 0 Å². The Kier molecular flexibility index (Phi) is 1.60. The summed E-state index contributed by atoms with van der Waals surface area (Å²) in [5.74, 6) is 0. The summed E-state index contributed by atoms with van der Waals surface area (Å²) in [6.07, 6.45) is 6.81. The second-order valence-corrected chi connectivity index (χ2v) is 4.18. The molecule has 0 aliphatic heterocycles. The van der Waals surface area contributed by atoms with Gasteiger partial charge in [0.2, 0.25) is 0 Å². The number of nitrogens with zero attached hydrogens (tertiary/aromatic N) is 2. The first-order valence-corrected chi connectivity index (χ1v) is 5.19. The van der Waals surface area contributed by atoms with Crippen LogP contribution in [0.15, 0.2) is 24.5 Å². The first kappa shape index (κ1) is 8.49. The van der Waals surface area contributed by atoms with Crippen LogP contribution in [0.5, 0.6) is 0 Å². The Morgan fingerprint density at radius 3 is 3.00 bits per heavy atom. The molecular formula is C12H11N3. The lowest BCUT2D eigenvalue weighted by Crippen LogP contribution is -2.32. The fourth-order valence-corrected chi connectivity index (χ4v) is 2.19. The second kappa shape index (κ2) is 2.83. The number of H-pyrrole nitrogens is 1. The Bertz CT molecular complexity index is 543. The minimum absolute atomic E-state index is 0.258. The Morgan fingerprint density at radius 1 is 1.47 bits per heavy atom. The van der Waals surface area contributed by atoms with Gasteiger partial charge in [-0.3, -0.25) is 4.98 Å². The van der Waals surface area contributed by atoms with E-state index in [-0.39, 0.29) is 5.41 Å². The van der Waals surface area contributed by atoms with Gasteiger partial charge in [-0.15, -0.1) is 0 Å². The van der Waals surface area contributed by atoms with Crippen molar-refractivity contribution in [2.45, 2.75) is 24.7 Å². The zero-order valence-electron chi connectivity index (χ0n) is 8.33. The van der Waals surface area contributed by atoms with Crippen molar-refractivity contribution in [2.24, 2.45) is 0 Å². The average molecular weight is 197 g/mol. The van der Waals surface area contributed by atoms with Gasteiger partial charge in [0.15, 0.2) is 0 Å². The molecule has 0 spiro atoms. The third-order valence-corrected chi connectivity index (χ3v) is 3.37. The standard InChI is InChI=1S/C12H11N3/c13-8-12(3-1-4-12)9-6-11-10(15-7-9)2-5-14-11/h2,5-7,14H,1,3-4H2. The Balaban J connectivity index is 2.15. The second-order valence-electron chi connectivity index (χ2n) is 4.18. The smallest absolute Gasteiger partial charge is 0.0878 e. The predicted molar refractivity (Wildman–Crippen MR) is 57.2 cm³/mol. The molecule has 3 heteroatoms. The Labute approximate surface area is 87.8 Å². The van der Waals surface area contributed by atoms with E-state index in [4.69, 9.17) is 0 Å². The fourth-order valence-electron chi connectivity index (χ4n) is 2.19. The van der Waals surface area contributed by atoms with Crippen LogP contribution >= 0.6 is 0 Å². The number of nitriles is 1. The van der Waals surface area contributed by atoms with E-state index in [1.807, 2.05) is 18.5 Å². The fraction of sp³-hybridized carbons (Fsp3) is 0.333. The number of pyridine rings is 1. The van der Waals surface area contributed by atoms with E-state index in [0.717, 1.165) is 35.9 Å². The Hall–Kier alpha value is -1.82. The average Bonchev–Trinajstić information content (AvgIpc) is 2.64.